The molecule has 26 heavy (non-hydrogen) atoms. The molecule has 1 aromatic heterocycles. The van der Waals surface area contributed by atoms with Gasteiger partial charge < -0.3 is 24.5 Å². The van der Waals surface area contributed by atoms with Crippen molar-refractivity contribution in [1.82, 2.24) is 10.2 Å². The first-order chi connectivity index (χ1) is 12.6. The molecule has 3 rings (SSSR count). The number of nitrogens with zero attached hydrogens (tertiary/aromatic N) is 1. The summed E-state index contributed by atoms with van der Waals surface area (Å²) in [7, 11) is 1.58. The number of para-hydroxylation sites is 1. The summed E-state index contributed by atoms with van der Waals surface area (Å²) in [5.74, 6) is 0.0729. The zero-order valence-corrected chi connectivity index (χ0v) is 14.6. The Hall–Kier alpha value is -2.96. The Labute approximate surface area is 151 Å². The number of carbonyl (C=O) groups excluding carboxylic acids is 1. The average molecular weight is 358 g/mol. The second kappa shape index (κ2) is 7.95. The number of likely N-dealkylation sites (tertiary alicyclic amines) is 1. The molecule has 1 aliphatic rings. The fourth-order valence-electron chi connectivity index (χ4n) is 3.21. The number of carbonyl (C=O) groups is 2. The number of nitrogens with one attached hydrogen (secondary N) is 1. The topological polar surface area (TPSA) is 92.0 Å². The van der Waals surface area contributed by atoms with Gasteiger partial charge in [-0.1, -0.05) is 18.2 Å². The van der Waals surface area contributed by atoms with Crippen molar-refractivity contribution in [2.75, 3.05) is 20.2 Å². The van der Waals surface area contributed by atoms with Crippen molar-refractivity contribution in [2.24, 2.45) is 5.92 Å². The number of carboxylic acids is 1. The highest BCUT2D eigenvalue weighted by molar-refractivity contribution is 5.76. The van der Waals surface area contributed by atoms with Crippen LogP contribution in [0.25, 0.3) is 0 Å². The van der Waals surface area contributed by atoms with Crippen LogP contribution in [0.4, 0.5) is 4.79 Å². The van der Waals surface area contributed by atoms with Crippen molar-refractivity contribution in [3.8, 4) is 5.75 Å². The molecule has 0 spiro atoms. The van der Waals surface area contributed by atoms with E-state index in [-0.39, 0.29) is 11.9 Å². The van der Waals surface area contributed by atoms with Crippen LogP contribution in [0.2, 0.25) is 0 Å². The second-order valence-corrected chi connectivity index (χ2v) is 6.24. The van der Waals surface area contributed by atoms with Crippen LogP contribution in [0, 0.1) is 5.92 Å². The summed E-state index contributed by atoms with van der Waals surface area (Å²) in [4.78, 5) is 25.5. The van der Waals surface area contributed by atoms with Crippen molar-refractivity contribution in [3.05, 3.63) is 54.0 Å². The first-order valence-electron chi connectivity index (χ1n) is 8.54. The number of aliphatic carboxylic acids is 1. The number of methoxy groups -OCH3 is 1. The lowest BCUT2D eigenvalue weighted by atomic mass is 9.97. The largest absolute Gasteiger partial charge is 0.496 e. The van der Waals surface area contributed by atoms with Crippen molar-refractivity contribution in [2.45, 2.75) is 18.9 Å². The molecule has 0 radical (unpaired) electrons. The van der Waals surface area contributed by atoms with Crippen molar-refractivity contribution < 1.29 is 23.8 Å². The second-order valence-electron chi connectivity index (χ2n) is 6.24. The Bertz CT molecular complexity index is 751. The summed E-state index contributed by atoms with van der Waals surface area (Å²) in [6, 6.07) is 10.3. The quantitative estimate of drug-likeness (QED) is 0.857. The van der Waals surface area contributed by atoms with Gasteiger partial charge in [0.2, 0.25) is 0 Å². The fourth-order valence-corrected chi connectivity index (χ4v) is 3.21. The van der Waals surface area contributed by atoms with E-state index in [9.17, 15) is 9.59 Å². The zero-order chi connectivity index (χ0) is 18.5. The van der Waals surface area contributed by atoms with Gasteiger partial charge >= 0.3 is 12.0 Å². The Morgan fingerprint density at radius 2 is 1.96 bits per heavy atom. The lowest BCUT2D eigenvalue weighted by Gasteiger charge is -2.31. The van der Waals surface area contributed by atoms with Crippen molar-refractivity contribution in [1.29, 1.82) is 0 Å². The lowest BCUT2D eigenvalue weighted by Crippen LogP contribution is -2.46. The summed E-state index contributed by atoms with van der Waals surface area (Å²) >= 11 is 0. The molecule has 7 nitrogen and oxygen atoms in total. The van der Waals surface area contributed by atoms with E-state index in [0.29, 0.717) is 37.4 Å². The van der Waals surface area contributed by atoms with Gasteiger partial charge in [0.1, 0.15) is 17.6 Å². The van der Waals surface area contributed by atoms with E-state index in [1.54, 1.807) is 30.4 Å². The number of rotatable bonds is 5. The van der Waals surface area contributed by atoms with Gasteiger partial charge in [-0.15, -0.1) is 0 Å². The fraction of sp³-hybridized carbons (Fsp3) is 0.368. The normalized spacial score (nSPS) is 16.1. The molecule has 7 heteroatoms. The number of benzene rings is 1. The molecule has 138 valence electrons. The molecule has 1 saturated heterocycles. The number of ether oxygens (including phenoxy) is 1. The highest BCUT2D eigenvalue weighted by atomic mass is 16.5. The molecular weight excluding hydrogens is 336 g/mol. The minimum absolute atomic E-state index is 0.249. The maximum atomic E-state index is 12.7. The average Bonchev–Trinajstić information content (AvgIpc) is 3.20. The SMILES string of the molecule is COc1ccccc1C(NC(=O)N1CCC(C(=O)O)CC1)c1ccco1. The number of hydrogen-bond acceptors (Lipinski definition) is 4. The molecule has 1 unspecified atom stereocenters. The summed E-state index contributed by atoms with van der Waals surface area (Å²) in [6.45, 7) is 0.833. The van der Waals surface area contributed by atoms with Crippen LogP contribution in [-0.4, -0.2) is 42.2 Å². The molecule has 1 aromatic carbocycles. The van der Waals surface area contributed by atoms with Gasteiger partial charge in [-0.05, 0) is 31.0 Å². The molecule has 1 aliphatic heterocycles. The van der Waals surface area contributed by atoms with Gasteiger partial charge in [0.15, 0.2) is 0 Å². The standard InChI is InChI=1S/C19H22N2O5/c1-25-15-6-3-2-5-14(15)17(16-7-4-12-26-16)20-19(24)21-10-8-13(9-11-21)18(22)23/h2-7,12-13,17H,8-11H2,1H3,(H,20,24)(H,22,23). The van der Waals surface area contributed by atoms with E-state index >= 15 is 0 Å². The minimum atomic E-state index is -0.799. The van der Waals surface area contributed by atoms with E-state index in [4.69, 9.17) is 14.3 Å². The maximum Gasteiger partial charge on any atom is 0.318 e. The summed E-state index contributed by atoms with van der Waals surface area (Å²) < 4.78 is 10.9. The Morgan fingerprint density at radius 1 is 1.23 bits per heavy atom. The zero-order valence-electron chi connectivity index (χ0n) is 14.6. The van der Waals surface area contributed by atoms with Gasteiger partial charge in [-0.3, -0.25) is 4.79 Å². The van der Waals surface area contributed by atoms with Crippen LogP contribution >= 0.6 is 0 Å². The summed E-state index contributed by atoms with van der Waals surface area (Å²) in [6.07, 6.45) is 2.48. The predicted molar refractivity (Wildman–Crippen MR) is 94.0 cm³/mol. The van der Waals surface area contributed by atoms with Gasteiger partial charge in [-0.2, -0.15) is 0 Å². The Kier molecular flexibility index (Phi) is 5.46. The van der Waals surface area contributed by atoms with Crippen LogP contribution in [0.1, 0.15) is 30.2 Å². The van der Waals surface area contributed by atoms with E-state index in [1.807, 2.05) is 24.3 Å². The smallest absolute Gasteiger partial charge is 0.318 e. The van der Waals surface area contributed by atoms with Crippen LogP contribution in [0.3, 0.4) is 0 Å². The lowest BCUT2D eigenvalue weighted by molar-refractivity contribution is -0.143. The third kappa shape index (κ3) is 3.82. The van der Waals surface area contributed by atoms with E-state index < -0.39 is 12.0 Å². The van der Waals surface area contributed by atoms with Gasteiger partial charge in [0.05, 0.1) is 19.3 Å². The highest BCUT2D eigenvalue weighted by Crippen LogP contribution is 2.30. The molecule has 2 amide bonds. The third-order valence-corrected chi connectivity index (χ3v) is 4.68. The molecule has 0 aliphatic carbocycles. The Morgan fingerprint density at radius 3 is 2.58 bits per heavy atom. The predicted octanol–water partition coefficient (Wildman–Crippen LogP) is 2.88. The molecular formula is C19H22N2O5. The van der Waals surface area contributed by atoms with E-state index in [0.717, 1.165) is 5.56 Å². The van der Waals surface area contributed by atoms with Gasteiger partial charge in [-0.25, -0.2) is 4.79 Å². The molecule has 1 atom stereocenters. The van der Waals surface area contributed by atoms with Gasteiger partial charge in [0, 0.05) is 18.7 Å². The van der Waals surface area contributed by atoms with Crippen LogP contribution < -0.4 is 10.1 Å². The molecule has 2 aromatic rings. The number of piperidine rings is 1. The molecule has 0 bridgehead atoms. The summed E-state index contributed by atoms with van der Waals surface area (Å²) in [5, 5.41) is 12.1. The third-order valence-electron chi connectivity index (χ3n) is 4.68. The Balaban J connectivity index is 1.77. The first-order valence-corrected chi connectivity index (χ1v) is 8.54. The highest BCUT2D eigenvalue weighted by Gasteiger charge is 2.29. The first kappa shape index (κ1) is 17.8. The molecule has 2 heterocycles. The summed E-state index contributed by atoms with van der Waals surface area (Å²) in [5.41, 5.74) is 0.790. The molecule has 0 saturated carbocycles. The number of furan rings is 1. The number of amides is 2. The number of urea groups is 1. The molecule has 1 fully saturated rings. The van der Waals surface area contributed by atoms with Crippen LogP contribution in [-0.2, 0) is 4.79 Å². The number of carboxylic acid groups (broad SMARTS) is 1. The van der Waals surface area contributed by atoms with Gasteiger partial charge in [0.25, 0.3) is 0 Å². The number of hydrogen-bond donors (Lipinski definition) is 2. The molecule has 2 N–H and O–H groups in total. The van der Waals surface area contributed by atoms with E-state index in [1.165, 1.54) is 0 Å². The minimum Gasteiger partial charge on any atom is -0.496 e. The van der Waals surface area contributed by atoms with Crippen molar-refractivity contribution in [3.63, 3.8) is 0 Å². The van der Waals surface area contributed by atoms with Crippen LogP contribution in [0.5, 0.6) is 5.75 Å². The van der Waals surface area contributed by atoms with E-state index in [2.05, 4.69) is 5.32 Å². The maximum absolute atomic E-state index is 12.7. The van der Waals surface area contributed by atoms with Crippen LogP contribution in [0.15, 0.2) is 47.1 Å². The van der Waals surface area contributed by atoms with Crippen molar-refractivity contribution >= 4 is 12.0 Å². The monoisotopic (exact) mass is 358 g/mol.